The fourth-order valence-electron chi connectivity index (χ4n) is 2.34. The standard InChI is InChI=1S/C17H18F4N4O5S2/c1-32(28,29)8-6-11(26)3-2-7-31-16-14(24-30-25-16)15(23-27)22-10-4-5-13(18)12(9-10)17(19,20)21/h4-5,9,27H,2-3,6-8H2,1H3,(H,22,23). The summed E-state index contributed by atoms with van der Waals surface area (Å²) in [6.45, 7) is 0. The van der Waals surface area contributed by atoms with E-state index in [1.54, 1.807) is 5.48 Å². The van der Waals surface area contributed by atoms with Gasteiger partial charge in [0.1, 0.15) is 21.4 Å². The van der Waals surface area contributed by atoms with Crippen LogP contribution in [0.15, 0.2) is 32.8 Å². The molecule has 2 rings (SSSR count). The van der Waals surface area contributed by atoms with Gasteiger partial charge in [0.25, 0.3) is 0 Å². The van der Waals surface area contributed by atoms with E-state index in [9.17, 15) is 36.0 Å². The van der Waals surface area contributed by atoms with E-state index in [1.807, 2.05) is 0 Å². The molecule has 0 radical (unpaired) electrons. The Balaban J connectivity index is 2.05. The fraction of sp³-hybridized carbons (Fsp3) is 0.412. The van der Waals surface area contributed by atoms with Gasteiger partial charge >= 0.3 is 6.18 Å². The van der Waals surface area contributed by atoms with Crippen molar-refractivity contribution in [3.05, 3.63) is 35.3 Å². The largest absolute Gasteiger partial charge is 0.419 e. The number of ketones is 1. The topological polar surface area (TPSA) is 135 Å². The van der Waals surface area contributed by atoms with E-state index in [0.717, 1.165) is 24.1 Å². The molecule has 2 N–H and O–H groups in total. The Hall–Kier alpha value is -2.52. The summed E-state index contributed by atoms with van der Waals surface area (Å²) < 4.78 is 78.8. The number of hydroxylamine groups is 1. The number of thioether (sulfide) groups is 1. The van der Waals surface area contributed by atoms with Crippen LogP contribution in [0.1, 0.15) is 30.5 Å². The molecule has 176 valence electrons. The third-order valence-electron chi connectivity index (χ3n) is 3.88. The molecule has 0 bridgehead atoms. The van der Waals surface area contributed by atoms with Crippen molar-refractivity contribution >= 4 is 38.9 Å². The van der Waals surface area contributed by atoms with Crippen LogP contribution in [0.4, 0.5) is 23.2 Å². The maximum Gasteiger partial charge on any atom is 0.419 e. The zero-order valence-electron chi connectivity index (χ0n) is 16.5. The highest BCUT2D eigenvalue weighted by molar-refractivity contribution is 7.99. The van der Waals surface area contributed by atoms with Gasteiger partial charge in [0.2, 0.25) is 0 Å². The number of carbonyl (C=O) groups is 1. The Morgan fingerprint density at radius 2 is 2.00 bits per heavy atom. The molecule has 0 aliphatic carbocycles. The number of halogens is 4. The summed E-state index contributed by atoms with van der Waals surface area (Å²) in [4.78, 5) is 15.5. The number of amidine groups is 1. The zero-order valence-corrected chi connectivity index (χ0v) is 18.2. The predicted octanol–water partition coefficient (Wildman–Crippen LogP) is 3.16. The highest BCUT2D eigenvalue weighted by Gasteiger charge is 2.34. The number of Topliss-reactive ketones (excluding diaryl/α,β-unsaturated/α-hetero) is 1. The smallest absolute Gasteiger partial charge is 0.300 e. The fourth-order valence-corrected chi connectivity index (χ4v) is 3.78. The Morgan fingerprint density at radius 1 is 1.28 bits per heavy atom. The summed E-state index contributed by atoms with van der Waals surface area (Å²) in [5, 5.41) is 16.7. The number of carbonyl (C=O) groups excluding carboxylic acids is 1. The molecule has 0 unspecified atom stereocenters. The van der Waals surface area contributed by atoms with Crippen LogP contribution in [0, 0.1) is 5.82 Å². The first-order valence-corrected chi connectivity index (χ1v) is 12.0. The van der Waals surface area contributed by atoms with Gasteiger partial charge in [0, 0.05) is 24.9 Å². The average molecular weight is 498 g/mol. The van der Waals surface area contributed by atoms with E-state index in [4.69, 9.17) is 0 Å². The molecule has 9 nitrogen and oxygen atoms in total. The van der Waals surface area contributed by atoms with E-state index >= 15 is 0 Å². The van der Waals surface area contributed by atoms with E-state index in [0.29, 0.717) is 24.3 Å². The second kappa shape index (κ2) is 10.9. The minimum Gasteiger partial charge on any atom is -0.300 e. The molecule has 1 aromatic heterocycles. The summed E-state index contributed by atoms with van der Waals surface area (Å²) in [6, 6.07) is 2.04. The summed E-state index contributed by atoms with van der Waals surface area (Å²) >= 11 is 1.07. The number of nitrogens with zero attached hydrogens (tertiary/aromatic N) is 3. The molecule has 2 aromatic rings. The van der Waals surface area contributed by atoms with Crippen LogP contribution in [0.2, 0.25) is 0 Å². The van der Waals surface area contributed by atoms with Crippen molar-refractivity contribution < 1.29 is 40.6 Å². The zero-order chi connectivity index (χ0) is 23.9. The van der Waals surface area contributed by atoms with Crippen molar-refractivity contribution in [2.45, 2.75) is 30.5 Å². The van der Waals surface area contributed by atoms with Gasteiger partial charge in [-0.25, -0.2) is 22.4 Å². The van der Waals surface area contributed by atoms with E-state index in [2.05, 4.69) is 19.9 Å². The number of nitrogens with one attached hydrogen (secondary N) is 1. The SMILES string of the molecule is CS(=O)(=O)CCC(=O)CCCSc1nonc1C(=Nc1ccc(F)c(C(F)(F)F)c1)NO. The Bertz CT molecular complexity index is 1090. The van der Waals surface area contributed by atoms with Crippen LogP contribution in [0.25, 0.3) is 0 Å². The number of aromatic nitrogens is 2. The van der Waals surface area contributed by atoms with Crippen molar-refractivity contribution in [3.8, 4) is 0 Å². The third-order valence-corrected chi connectivity index (χ3v) is 5.86. The molecule has 1 heterocycles. The van der Waals surface area contributed by atoms with Gasteiger partial charge in [-0.2, -0.15) is 13.2 Å². The Morgan fingerprint density at radius 3 is 2.62 bits per heavy atom. The molecule has 15 heteroatoms. The Labute approximate surface area is 184 Å². The number of alkyl halides is 3. The number of hydrogen-bond acceptors (Lipinski definition) is 9. The molecule has 1 aromatic carbocycles. The lowest BCUT2D eigenvalue weighted by Crippen LogP contribution is -2.21. The van der Waals surface area contributed by atoms with Gasteiger partial charge in [-0.3, -0.25) is 15.5 Å². The molecule has 0 aliphatic rings. The molecule has 0 saturated heterocycles. The van der Waals surface area contributed by atoms with Crippen LogP contribution in [0.5, 0.6) is 0 Å². The maximum atomic E-state index is 13.4. The lowest BCUT2D eigenvalue weighted by molar-refractivity contribution is -0.140. The third kappa shape index (κ3) is 7.87. The lowest BCUT2D eigenvalue weighted by Gasteiger charge is -2.09. The summed E-state index contributed by atoms with van der Waals surface area (Å²) in [7, 11) is -3.23. The van der Waals surface area contributed by atoms with Crippen LogP contribution in [-0.2, 0) is 20.8 Å². The molecule has 0 amide bonds. The van der Waals surface area contributed by atoms with E-state index < -0.39 is 33.2 Å². The number of hydrogen-bond donors (Lipinski definition) is 2. The number of sulfone groups is 1. The molecule has 0 spiro atoms. The van der Waals surface area contributed by atoms with Crippen molar-refractivity contribution in [2.75, 3.05) is 17.8 Å². The second-order valence-electron chi connectivity index (χ2n) is 6.52. The molecule has 0 aliphatic heterocycles. The van der Waals surface area contributed by atoms with Gasteiger partial charge in [-0.15, -0.1) is 11.8 Å². The van der Waals surface area contributed by atoms with E-state index in [1.165, 1.54) is 0 Å². The minimum absolute atomic E-state index is 0.0803. The minimum atomic E-state index is -4.93. The average Bonchev–Trinajstić information content (AvgIpc) is 3.16. The highest BCUT2D eigenvalue weighted by atomic mass is 32.2. The van der Waals surface area contributed by atoms with Crippen molar-refractivity contribution in [1.29, 1.82) is 0 Å². The first-order valence-electron chi connectivity index (χ1n) is 8.91. The maximum absolute atomic E-state index is 13.4. The predicted molar refractivity (Wildman–Crippen MR) is 106 cm³/mol. The first kappa shape index (κ1) is 25.7. The van der Waals surface area contributed by atoms with Gasteiger partial charge in [-0.1, -0.05) is 0 Å². The van der Waals surface area contributed by atoms with Crippen molar-refractivity contribution in [1.82, 2.24) is 15.8 Å². The molecule has 0 fully saturated rings. The molecule has 32 heavy (non-hydrogen) atoms. The lowest BCUT2D eigenvalue weighted by atomic mass is 10.2. The van der Waals surface area contributed by atoms with Gasteiger partial charge in [0.15, 0.2) is 16.6 Å². The number of aliphatic imine (C=N–C) groups is 1. The summed E-state index contributed by atoms with van der Waals surface area (Å²) in [6.07, 6.45) is -3.45. The second-order valence-corrected chi connectivity index (χ2v) is 9.87. The van der Waals surface area contributed by atoms with Gasteiger partial charge in [-0.05, 0) is 34.9 Å². The Kier molecular flexibility index (Phi) is 8.74. The van der Waals surface area contributed by atoms with Crippen LogP contribution < -0.4 is 5.48 Å². The normalized spacial score (nSPS) is 12.8. The molecule has 0 saturated carbocycles. The summed E-state index contributed by atoms with van der Waals surface area (Å²) in [5.41, 5.74) is -0.256. The monoisotopic (exact) mass is 498 g/mol. The molecular formula is C17H18F4N4O5S2. The summed E-state index contributed by atoms with van der Waals surface area (Å²) in [5.74, 6) is -1.96. The van der Waals surface area contributed by atoms with Gasteiger partial charge in [0.05, 0.1) is 17.0 Å². The van der Waals surface area contributed by atoms with Crippen LogP contribution >= 0.6 is 11.8 Å². The number of benzene rings is 1. The van der Waals surface area contributed by atoms with E-state index in [-0.39, 0.29) is 40.8 Å². The quantitative estimate of drug-likeness (QED) is 0.126. The first-order chi connectivity index (χ1) is 14.9. The molecule has 0 atom stereocenters. The van der Waals surface area contributed by atoms with Crippen LogP contribution in [0.3, 0.4) is 0 Å². The highest BCUT2D eigenvalue weighted by Crippen LogP contribution is 2.34. The van der Waals surface area contributed by atoms with Crippen LogP contribution in [-0.4, -0.2) is 53.3 Å². The van der Waals surface area contributed by atoms with Crippen molar-refractivity contribution in [3.63, 3.8) is 0 Å². The van der Waals surface area contributed by atoms with Crippen molar-refractivity contribution in [2.24, 2.45) is 4.99 Å². The van der Waals surface area contributed by atoms with Gasteiger partial charge < -0.3 is 0 Å². The number of rotatable bonds is 10. The molecular weight excluding hydrogens is 480 g/mol.